The number of amides is 4. The van der Waals surface area contributed by atoms with Crippen molar-refractivity contribution in [1.82, 2.24) is 21.3 Å². The number of hydrogen-bond acceptors (Lipinski definition) is 4. The smallest absolute Gasteiger partial charge is 0.354 e. The number of unbranched alkanes of at least 4 members (excludes halogenated alkanes) is 6. The highest BCUT2D eigenvalue weighted by Gasteiger charge is 2.47. The van der Waals surface area contributed by atoms with Gasteiger partial charge in [-0.3, -0.25) is 19.2 Å². The topological polar surface area (TPSA) is 116 Å². The van der Waals surface area contributed by atoms with Crippen molar-refractivity contribution in [2.75, 3.05) is 25.8 Å². The summed E-state index contributed by atoms with van der Waals surface area (Å²) < 4.78 is 124. The van der Waals surface area contributed by atoms with E-state index >= 15 is 0 Å². The Kier molecular flexibility index (Phi) is 24.8. The van der Waals surface area contributed by atoms with Crippen LogP contribution in [-0.2, 0) is 57.0 Å². The number of aryl methyl sites for hydroxylation is 3. The minimum atomic E-state index is -4.69. The first-order valence-electron chi connectivity index (χ1n) is 28.3. The van der Waals surface area contributed by atoms with E-state index in [0.29, 0.717) is 99.4 Å². The highest BCUT2D eigenvalue weighted by molar-refractivity contribution is 7.95. The Morgan fingerprint density at radius 3 is 0.904 bits per heavy atom. The fourth-order valence-electron chi connectivity index (χ4n) is 10.1. The lowest BCUT2D eigenvalue weighted by Gasteiger charge is -2.35. The minimum absolute atomic E-state index is 0.0856. The van der Waals surface area contributed by atoms with Gasteiger partial charge in [0.15, 0.2) is 0 Å². The first kappa shape index (κ1) is 65.2. The molecule has 8 nitrogen and oxygen atoms in total. The molecule has 4 N–H and O–H groups in total. The van der Waals surface area contributed by atoms with Gasteiger partial charge in [0.1, 0.15) is 23.2 Å². The standard InChI is InChI=1S/C65H72F9N4O4P/c66-63(67,68)52-33-39-55(40-34-52)83(56-41-35-53(36-42-56)64(69,70)71,57-43-37-54(38-44-57)65(72,73)74)45-16-5-3-1-2-4-15-29-61(82)78-62(46-75-58(79)30-17-26-49-20-9-6-10-21-49,47-76-59(80)31-18-27-50-22-11-7-12-23-50)48-77-60(81)32-19-28-51-24-13-8-14-25-51/h6-14,20-25,33-44H,1-5,15-19,26-32,45-48H2,(H3-,75,76,77,78,79,80,81,82)/p+1. The molecule has 0 aliphatic heterocycles. The quantitative estimate of drug-likeness (QED) is 0.0191. The summed E-state index contributed by atoms with van der Waals surface area (Å²) in [4.78, 5) is 54.2. The van der Waals surface area contributed by atoms with Gasteiger partial charge in [-0.2, -0.15) is 39.5 Å². The zero-order valence-corrected chi connectivity index (χ0v) is 47.3. The molecule has 6 rings (SSSR count). The molecule has 83 heavy (non-hydrogen) atoms. The Bertz CT molecular complexity index is 2640. The molecule has 18 heteroatoms. The largest absolute Gasteiger partial charge is 0.416 e. The van der Waals surface area contributed by atoms with Crippen LogP contribution in [0.4, 0.5) is 39.5 Å². The van der Waals surface area contributed by atoms with Crippen molar-refractivity contribution in [3.63, 3.8) is 0 Å². The van der Waals surface area contributed by atoms with Crippen molar-refractivity contribution in [3.8, 4) is 0 Å². The lowest BCUT2D eigenvalue weighted by Crippen LogP contribution is -2.66. The summed E-state index contributed by atoms with van der Waals surface area (Å²) in [6, 6.07) is 42.2. The fourth-order valence-corrected chi connectivity index (χ4v) is 14.4. The predicted octanol–water partition coefficient (Wildman–Crippen LogP) is 13.4. The molecule has 444 valence electrons. The second-order valence-electron chi connectivity index (χ2n) is 21.1. The molecule has 0 radical (unpaired) electrons. The van der Waals surface area contributed by atoms with E-state index in [4.69, 9.17) is 0 Å². The van der Waals surface area contributed by atoms with Crippen LogP contribution in [-0.4, -0.2) is 55.0 Å². The van der Waals surface area contributed by atoms with Gasteiger partial charge in [-0.1, -0.05) is 117 Å². The summed E-state index contributed by atoms with van der Waals surface area (Å²) in [7, 11) is -3.16. The van der Waals surface area contributed by atoms with Crippen molar-refractivity contribution in [2.45, 2.75) is 133 Å². The molecule has 0 heterocycles. The molecule has 0 saturated carbocycles. The monoisotopic (exact) mass is 1180 g/mol. The normalized spacial score (nSPS) is 12.2. The summed E-state index contributed by atoms with van der Waals surface area (Å²) in [6.07, 6.45) is -5.17. The number of carbonyl (C=O) groups is 4. The SMILES string of the molecule is O=C(CCCc1ccccc1)NCC(CNC(=O)CCCc1ccccc1)(CNC(=O)CCCc1ccccc1)NC(=O)CCCCCCCCC[P+](c1ccc(C(F)(F)F)cc1)(c1ccc(C(F)(F)F)cc1)c1ccc(C(F)(F)F)cc1. The highest BCUT2D eigenvalue weighted by Crippen LogP contribution is 2.57. The third-order valence-corrected chi connectivity index (χ3v) is 19.2. The van der Waals surface area contributed by atoms with Gasteiger partial charge in [0, 0.05) is 45.3 Å². The highest BCUT2D eigenvalue weighted by atomic mass is 31.2. The van der Waals surface area contributed by atoms with Crippen LogP contribution in [0.5, 0.6) is 0 Å². The van der Waals surface area contributed by atoms with Gasteiger partial charge in [-0.15, -0.1) is 0 Å². The van der Waals surface area contributed by atoms with Crippen molar-refractivity contribution in [2.24, 2.45) is 0 Å². The second kappa shape index (κ2) is 31.6. The van der Waals surface area contributed by atoms with E-state index in [1.54, 1.807) is 0 Å². The Hall–Kier alpha value is -7.00. The predicted molar refractivity (Wildman–Crippen MR) is 310 cm³/mol. The number of benzene rings is 6. The average molecular weight is 1180 g/mol. The van der Waals surface area contributed by atoms with Gasteiger partial charge >= 0.3 is 18.5 Å². The van der Waals surface area contributed by atoms with Gasteiger partial charge in [0.05, 0.1) is 28.4 Å². The maximum Gasteiger partial charge on any atom is 0.416 e. The lowest BCUT2D eigenvalue weighted by atomic mass is 9.97. The first-order valence-corrected chi connectivity index (χ1v) is 30.3. The van der Waals surface area contributed by atoms with E-state index in [1.807, 2.05) is 91.0 Å². The Morgan fingerprint density at radius 2 is 0.602 bits per heavy atom. The van der Waals surface area contributed by atoms with Crippen LogP contribution in [0.2, 0.25) is 0 Å². The second-order valence-corrected chi connectivity index (χ2v) is 24.7. The molecule has 0 bridgehead atoms. The van der Waals surface area contributed by atoms with Crippen molar-refractivity contribution < 1.29 is 58.7 Å². The molecule has 0 unspecified atom stereocenters. The number of alkyl halides is 9. The van der Waals surface area contributed by atoms with Gasteiger partial charge in [0.25, 0.3) is 0 Å². The molecule has 6 aromatic rings. The molecular weight excluding hydrogens is 1100 g/mol. The van der Waals surface area contributed by atoms with Crippen molar-refractivity contribution in [3.05, 3.63) is 197 Å². The molecular formula is C65H73F9N4O4P+. The summed E-state index contributed by atoms with van der Waals surface area (Å²) in [5, 5.41) is 13.1. The number of hydrogen-bond donors (Lipinski definition) is 4. The maximum absolute atomic E-state index is 14.0. The van der Waals surface area contributed by atoms with E-state index < -0.39 is 48.0 Å². The lowest BCUT2D eigenvalue weighted by molar-refractivity contribution is -0.138. The van der Waals surface area contributed by atoms with E-state index in [0.717, 1.165) is 53.1 Å². The third kappa shape index (κ3) is 21.3. The van der Waals surface area contributed by atoms with Crippen molar-refractivity contribution >= 4 is 46.8 Å². The zero-order valence-electron chi connectivity index (χ0n) is 46.4. The number of halogens is 9. The van der Waals surface area contributed by atoms with Crippen LogP contribution in [0.3, 0.4) is 0 Å². The van der Waals surface area contributed by atoms with Gasteiger partial charge in [-0.25, -0.2) is 0 Å². The Balaban J connectivity index is 1.10. The van der Waals surface area contributed by atoms with Crippen molar-refractivity contribution in [1.29, 1.82) is 0 Å². The zero-order chi connectivity index (χ0) is 59.8. The number of nitrogens with one attached hydrogen (secondary N) is 4. The van der Waals surface area contributed by atoms with Crippen LogP contribution in [0.15, 0.2) is 164 Å². The van der Waals surface area contributed by atoms with Gasteiger partial charge in [0.2, 0.25) is 23.6 Å². The molecule has 4 amide bonds. The molecule has 0 saturated heterocycles. The number of carbonyl (C=O) groups excluding carboxylic acids is 4. The van der Waals surface area contributed by atoms with E-state index in [1.165, 1.54) is 36.4 Å². The summed E-state index contributed by atoms with van der Waals surface area (Å²) in [5.41, 5.74) is -0.901. The van der Waals surface area contributed by atoms with E-state index in [9.17, 15) is 58.7 Å². The van der Waals surface area contributed by atoms with E-state index in [-0.39, 0.29) is 75.1 Å². The molecule has 0 aliphatic rings. The van der Waals surface area contributed by atoms with Crippen LogP contribution in [0.25, 0.3) is 0 Å². The molecule has 0 spiro atoms. The average Bonchev–Trinajstić information content (AvgIpc) is 3.52. The van der Waals surface area contributed by atoms with Crippen LogP contribution in [0, 0.1) is 0 Å². The third-order valence-electron chi connectivity index (χ3n) is 14.7. The minimum Gasteiger partial charge on any atom is -0.354 e. The van der Waals surface area contributed by atoms with E-state index in [2.05, 4.69) is 21.3 Å². The van der Waals surface area contributed by atoms with Crippen LogP contribution < -0.4 is 37.2 Å². The molecule has 6 aromatic carbocycles. The maximum atomic E-state index is 14.0. The number of rotatable bonds is 32. The Labute approximate surface area is 481 Å². The molecule has 0 atom stereocenters. The van der Waals surface area contributed by atoms with Gasteiger partial charge in [-0.05, 0) is 147 Å². The molecule has 0 fully saturated rings. The van der Waals surface area contributed by atoms with Crippen LogP contribution >= 0.6 is 7.26 Å². The summed E-state index contributed by atoms with van der Waals surface area (Å²) >= 11 is 0. The Morgan fingerprint density at radius 1 is 0.325 bits per heavy atom. The first-order chi connectivity index (χ1) is 39.6. The van der Waals surface area contributed by atoms with Crippen LogP contribution in [0.1, 0.15) is 123 Å². The molecule has 0 aliphatic carbocycles. The summed E-state index contributed by atoms with van der Waals surface area (Å²) in [5.74, 6) is -1.12. The summed E-state index contributed by atoms with van der Waals surface area (Å²) in [6.45, 7) is -0.257. The fraction of sp³-hybridized carbons (Fsp3) is 0.385. The van der Waals surface area contributed by atoms with Gasteiger partial charge < -0.3 is 21.3 Å². The molecule has 0 aromatic heterocycles.